The number of nitrogens with one attached hydrogen (secondary N) is 1. The molecule has 0 aliphatic carbocycles. The molecule has 1 fully saturated rings. The van der Waals surface area contributed by atoms with Crippen molar-refractivity contribution in [2.75, 3.05) is 23.9 Å². The van der Waals surface area contributed by atoms with Crippen molar-refractivity contribution < 1.29 is 13.2 Å². The second-order valence-electron chi connectivity index (χ2n) is 6.60. The Bertz CT molecular complexity index is 880. The maximum atomic E-state index is 12.5. The van der Waals surface area contributed by atoms with Crippen LogP contribution < -0.4 is 5.32 Å². The summed E-state index contributed by atoms with van der Waals surface area (Å²) in [5.41, 5.74) is 2.54. The second-order valence-corrected chi connectivity index (χ2v) is 8.83. The van der Waals surface area contributed by atoms with E-state index in [2.05, 4.69) is 15.3 Å². The van der Waals surface area contributed by atoms with E-state index >= 15 is 0 Å². The fourth-order valence-corrected chi connectivity index (χ4v) is 4.63. The lowest BCUT2D eigenvalue weighted by Crippen LogP contribution is -2.38. The summed E-state index contributed by atoms with van der Waals surface area (Å²) in [5, 5.41) is 3.16. The number of aryl methyl sites for hydroxylation is 1. The molecule has 7 nitrogen and oxygen atoms in total. The number of amides is 1. The minimum absolute atomic E-state index is 0.0128. The highest BCUT2D eigenvalue weighted by molar-refractivity contribution is 7.91. The van der Waals surface area contributed by atoms with Crippen LogP contribution in [0.25, 0.3) is 0 Å². The lowest BCUT2D eigenvalue weighted by Gasteiger charge is -2.22. The molecule has 0 radical (unpaired) electrons. The maximum absolute atomic E-state index is 12.5. The Kier molecular flexibility index (Phi) is 5.22. The van der Waals surface area contributed by atoms with Crippen LogP contribution >= 0.6 is 0 Å². The minimum Gasteiger partial charge on any atom is -0.365 e. The van der Waals surface area contributed by atoms with Gasteiger partial charge in [0.25, 0.3) is 5.91 Å². The fraction of sp³-hybridized carbons (Fsp3) is 0.389. The Morgan fingerprint density at radius 3 is 2.54 bits per heavy atom. The first-order chi connectivity index (χ1) is 12.3. The normalized spacial score (nSPS) is 18.5. The summed E-state index contributed by atoms with van der Waals surface area (Å²) in [6, 6.07) is 7.87. The van der Waals surface area contributed by atoms with Gasteiger partial charge in [0.1, 0.15) is 11.5 Å². The predicted octanol–water partition coefficient (Wildman–Crippen LogP) is 1.66. The summed E-state index contributed by atoms with van der Waals surface area (Å²) in [7, 11) is -1.43. The van der Waals surface area contributed by atoms with Crippen molar-refractivity contribution in [2.45, 2.75) is 25.9 Å². The molecule has 0 saturated carbocycles. The first-order valence-electron chi connectivity index (χ1n) is 8.43. The van der Waals surface area contributed by atoms with Gasteiger partial charge in [-0.1, -0.05) is 29.8 Å². The number of aromatic nitrogens is 2. The molecule has 8 heteroatoms. The van der Waals surface area contributed by atoms with Crippen LogP contribution in [0.4, 0.5) is 5.82 Å². The van der Waals surface area contributed by atoms with Crippen molar-refractivity contribution in [3.63, 3.8) is 0 Å². The van der Waals surface area contributed by atoms with E-state index in [-0.39, 0.29) is 29.1 Å². The third kappa shape index (κ3) is 4.37. The molecule has 1 aromatic heterocycles. The largest absolute Gasteiger partial charge is 0.365 e. The Balaban J connectivity index is 1.59. The molecule has 1 aliphatic rings. The molecule has 1 aromatic carbocycles. The van der Waals surface area contributed by atoms with Crippen LogP contribution in [0.15, 0.2) is 36.7 Å². The van der Waals surface area contributed by atoms with Gasteiger partial charge in [0, 0.05) is 19.6 Å². The van der Waals surface area contributed by atoms with Gasteiger partial charge in [0.2, 0.25) is 0 Å². The predicted molar refractivity (Wildman–Crippen MR) is 99.7 cm³/mol. The number of rotatable bonds is 5. The van der Waals surface area contributed by atoms with Crippen molar-refractivity contribution in [2.24, 2.45) is 0 Å². The number of sulfone groups is 1. The molecule has 1 saturated heterocycles. The van der Waals surface area contributed by atoms with Crippen LogP contribution in [0, 0.1) is 6.92 Å². The zero-order valence-electron chi connectivity index (χ0n) is 14.8. The van der Waals surface area contributed by atoms with Crippen molar-refractivity contribution in [3.05, 3.63) is 53.5 Å². The van der Waals surface area contributed by atoms with Crippen molar-refractivity contribution in [1.82, 2.24) is 14.9 Å². The number of nitrogens with zero attached hydrogens (tertiary/aromatic N) is 3. The van der Waals surface area contributed by atoms with Crippen LogP contribution in [0.1, 0.15) is 28.0 Å². The summed E-state index contributed by atoms with van der Waals surface area (Å²) in [5.74, 6) is 0.403. The number of carbonyl (C=O) groups is 1. The van der Waals surface area contributed by atoms with Crippen LogP contribution in [0.3, 0.4) is 0 Å². The highest BCUT2D eigenvalue weighted by atomic mass is 32.2. The van der Waals surface area contributed by atoms with Crippen LogP contribution in [-0.4, -0.2) is 53.8 Å². The standard InChI is InChI=1S/C18H22N4O3S/c1-13-3-5-14(6-4-13)9-20-17-11-19-16(10-21-17)18(23)22(2)15-7-8-26(24,25)12-15/h3-6,10-11,15H,7-9,12H2,1-2H3,(H,20,21). The molecular weight excluding hydrogens is 352 g/mol. The van der Waals surface area contributed by atoms with E-state index in [9.17, 15) is 13.2 Å². The van der Waals surface area contributed by atoms with E-state index in [1.807, 2.05) is 31.2 Å². The first-order valence-corrected chi connectivity index (χ1v) is 10.3. The smallest absolute Gasteiger partial charge is 0.274 e. The lowest BCUT2D eigenvalue weighted by molar-refractivity contribution is 0.0741. The molecule has 1 N–H and O–H groups in total. The van der Waals surface area contributed by atoms with Crippen LogP contribution in [0.5, 0.6) is 0 Å². The number of hydrogen-bond acceptors (Lipinski definition) is 6. The molecule has 2 heterocycles. The quantitative estimate of drug-likeness (QED) is 0.856. The molecule has 138 valence electrons. The molecule has 0 bridgehead atoms. The van der Waals surface area contributed by atoms with E-state index in [4.69, 9.17) is 0 Å². The molecule has 1 aliphatic heterocycles. The first kappa shape index (κ1) is 18.3. The number of benzene rings is 1. The SMILES string of the molecule is Cc1ccc(CNc2cnc(C(=O)N(C)C3CCS(=O)(=O)C3)cn2)cc1. The summed E-state index contributed by atoms with van der Waals surface area (Å²) in [4.78, 5) is 22.3. The lowest BCUT2D eigenvalue weighted by atomic mass is 10.1. The minimum atomic E-state index is -3.04. The van der Waals surface area contributed by atoms with Gasteiger partial charge in [-0.15, -0.1) is 0 Å². The van der Waals surface area contributed by atoms with Gasteiger partial charge in [-0.25, -0.2) is 18.4 Å². The number of anilines is 1. The van der Waals surface area contributed by atoms with E-state index in [0.29, 0.717) is 18.8 Å². The van der Waals surface area contributed by atoms with E-state index < -0.39 is 9.84 Å². The summed E-state index contributed by atoms with van der Waals surface area (Å²) in [6.07, 6.45) is 3.40. The Labute approximate surface area is 153 Å². The topological polar surface area (TPSA) is 92.3 Å². The van der Waals surface area contributed by atoms with Gasteiger partial charge in [-0.05, 0) is 18.9 Å². The fourth-order valence-electron chi connectivity index (χ4n) is 2.86. The molecule has 0 spiro atoms. The molecule has 1 unspecified atom stereocenters. The highest BCUT2D eigenvalue weighted by Crippen LogP contribution is 2.18. The molecule has 1 amide bonds. The van der Waals surface area contributed by atoms with Gasteiger partial charge >= 0.3 is 0 Å². The van der Waals surface area contributed by atoms with E-state index in [1.54, 1.807) is 7.05 Å². The Morgan fingerprint density at radius 2 is 1.96 bits per heavy atom. The second kappa shape index (κ2) is 7.41. The zero-order valence-corrected chi connectivity index (χ0v) is 15.7. The van der Waals surface area contributed by atoms with Crippen molar-refractivity contribution >= 4 is 21.6 Å². The third-order valence-corrected chi connectivity index (χ3v) is 6.29. The Hall–Kier alpha value is -2.48. The van der Waals surface area contributed by atoms with Crippen LogP contribution in [0.2, 0.25) is 0 Å². The maximum Gasteiger partial charge on any atom is 0.274 e. The molecule has 1 atom stereocenters. The van der Waals surface area contributed by atoms with Gasteiger partial charge in [0.15, 0.2) is 9.84 Å². The van der Waals surface area contributed by atoms with Crippen LogP contribution in [-0.2, 0) is 16.4 Å². The van der Waals surface area contributed by atoms with Gasteiger partial charge in [0.05, 0.1) is 23.9 Å². The highest BCUT2D eigenvalue weighted by Gasteiger charge is 2.33. The molecule has 3 rings (SSSR count). The zero-order chi connectivity index (χ0) is 18.7. The van der Waals surface area contributed by atoms with Gasteiger partial charge in [-0.2, -0.15) is 0 Å². The molecule has 2 aromatic rings. The van der Waals surface area contributed by atoms with Gasteiger partial charge in [-0.3, -0.25) is 4.79 Å². The van der Waals surface area contributed by atoms with E-state index in [1.165, 1.54) is 22.9 Å². The van der Waals surface area contributed by atoms with Crippen molar-refractivity contribution in [1.29, 1.82) is 0 Å². The third-order valence-electron chi connectivity index (χ3n) is 4.54. The summed E-state index contributed by atoms with van der Waals surface area (Å²) >= 11 is 0. The summed E-state index contributed by atoms with van der Waals surface area (Å²) < 4.78 is 23.2. The number of hydrogen-bond donors (Lipinski definition) is 1. The Morgan fingerprint density at radius 1 is 1.23 bits per heavy atom. The average molecular weight is 374 g/mol. The average Bonchev–Trinajstić information content (AvgIpc) is 3.00. The molecular formula is C18H22N4O3S. The van der Waals surface area contributed by atoms with E-state index in [0.717, 1.165) is 5.56 Å². The molecule has 26 heavy (non-hydrogen) atoms. The monoisotopic (exact) mass is 374 g/mol. The van der Waals surface area contributed by atoms with Gasteiger partial charge < -0.3 is 10.2 Å². The number of carbonyl (C=O) groups excluding carboxylic acids is 1. The van der Waals surface area contributed by atoms with Crippen molar-refractivity contribution in [3.8, 4) is 0 Å². The summed E-state index contributed by atoms with van der Waals surface area (Å²) in [6.45, 7) is 2.65.